The maximum absolute atomic E-state index is 5.76. The van der Waals surface area contributed by atoms with Crippen molar-refractivity contribution in [3.05, 3.63) is 71.9 Å². The summed E-state index contributed by atoms with van der Waals surface area (Å²) in [5.74, 6) is 3.76. The Bertz CT molecular complexity index is 963. The van der Waals surface area contributed by atoms with Crippen LogP contribution >= 0.6 is 0 Å². The van der Waals surface area contributed by atoms with E-state index < -0.39 is 0 Å². The van der Waals surface area contributed by atoms with Crippen molar-refractivity contribution in [2.45, 2.75) is 46.8 Å². The molecule has 0 fully saturated rings. The lowest BCUT2D eigenvalue weighted by Gasteiger charge is -2.14. The second-order valence-electron chi connectivity index (χ2n) is 7.67. The van der Waals surface area contributed by atoms with Gasteiger partial charge >= 0.3 is 0 Å². The van der Waals surface area contributed by atoms with Gasteiger partial charge in [0.2, 0.25) is 5.89 Å². The first kappa shape index (κ1) is 23.2. The van der Waals surface area contributed by atoms with E-state index in [2.05, 4.69) is 20.6 Å². The first-order valence-corrected chi connectivity index (χ1v) is 10.9. The molecule has 1 aromatic heterocycles. The smallest absolute Gasteiger partial charge is 0.216 e. The van der Waals surface area contributed by atoms with E-state index in [1.807, 2.05) is 82.3 Å². The molecule has 0 aliphatic heterocycles. The van der Waals surface area contributed by atoms with Crippen molar-refractivity contribution in [2.24, 2.45) is 4.99 Å². The number of ether oxygens (including phenoxy) is 2. The van der Waals surface area contributed by atoms with Gasteiger partial charge in [0, 0.05) is 12.2 Å². The average molecular weight is 437 g/mol. The minimum atomic E-state index is 0.137. The Morgan fingerprint density at radius 1 is 1.03 bits per heavy atom. The van der Waals surface area contributed by atoms with E-state index in [9.17, 15) is 0 Å². The maximum atomic E-state index is 5.76. The summed E-state index contributed by atoms with van der Waals surface area (Å²) in [6, 6.07) is 17.6. The minimum Gasteiger partial charge on any atom is -0.494 e. The van der Waals surface area contributed by atoms with Gasteiger partial charge in [0.05, 0.1) is 18.4 Å². The second kappa shape index (κ2) is 11.8. The number of benzene rings is 2. The second-order valence-corrected chi connectivity index (χ2v) is 7.67. The van der Waals surface area contributed by atoms with Crippen LogP contribution < -0.4 is 20.1 Å². The van der Waals surface area contributed by atoms with Gasteiger partial charge in [0.1, 0.15) is 23.8 Å². The third kappa shape index (κ3) is 7.65. The lowest BCUT2D eigenvalue weighted by molar-refractivity contribution is 0.242. The zero-order valence-corrected chi connectivity index (χ0v) is 19.2. The van der Waals surface area contributed by atoms with Crippen LogP contribution in [-0.2, 0) is 6.54 Å². The van der Waals surface area contributed by atoms with Gasteiger partial charge in [-0.15, -0.1) is 0 Å². The molecule has 0 amide bonds. The first-order valence-electron chi connectivity index (χ1n) is 10.9. The van der Waals surface area contributed by atoms with E-state index in [4.69, 9.17) is 13.9 Å². The largest absolute Gasteiger partial charge is 0.494 e. The molecule has 0 spiro atoms. The average Bonchev–Trinajstić information content (AvgIpc) is 3.10. The molecule has 1 heterocycles. The number of aromatic nitrogens is 1. The normalized spacial score (nSPS) is 11.5. The summed E-state index contributed by atoms with van der Waals surface area (Å²) in [4.78, 5) is 9.04. The number of hydrogen-bond donors (Lipinski definition) is 2. The van der Waals surface area contributed by atoms with Gasteiger partial charge in [-0.1, -0.05) is 18.2 Å². The van der Waals surface area contributed by atoms with Crippen molar-refractivity contribution in [1.29, 1.82) is 0 Å². The molecule has 0 unspecified atom stereocenters. The highest BCUT2D eigenvalue weighted by molar-refractivity contribution is 5.93. The predicted octanol–water partition coefficient (Wildman–Crippen LogP) is 5.11. The predicted molar refractivity (Wildman–Crippen MR) is 128 cm³/mol. The number of aryl methyl sites for hydroxylation is 2. The van der Waals surface area contributed by atoms with Gasteiger partial charge in [0.15, 0.2) is 5.96 Å². The lowest BCUT2D eigenvalue weighted by Crippen LogP contribution is -2.32. The number of hydrogen-bond acceptors (Lipinski definition) is 5. The fourth-order valence-corrected chi connectivity index (χ4v) is 2.90. The third-order valence-electron chi connectivity index (χ3n) is 4.56. The summed E-state index contributed by atoms with van der Waals surface area (Å²) in [5, 5.41) is 6.68. The monoisotopic (exact) mass is 436 g/mol. The summed E-state index contributed by atoms with van der Waals surface area (Å²) in [5.41, 5.74) is 1.80. The molecule has 0 saturated heterocycles. The molecule has 3 rings (SSSR count). The van der Waals surface area contributed by atoms with Crippen molar-refractivity contribution in [3.63, 3.8) is 0 Å². The maximum Gasteiger partial charge on any atom is 0.216 e. The van der Waals surface area contributed by atoms with Gasteiger partial charge < -0.3 is 24.5 Å². The number of nitrogens with one attached hydrogen (secondary N) is 2. The number of aliphatic imine (C=N–C) groups is 1. The molecule has 32 heavy (non-hydrogen) atoms. The Balaban J connectivity index is 1.57. The minimum absolute atomic E-state index is 0.137. The van der Waals surface area contributed by atoms with Crippen molar-refractivity contribution >= 4 is 11.6 Å². The van der Waals surface area contributed by atoms with Gasteiger partial charge in [-0.25, -0.2) is 9.98 Å². The molecular weight excluding hydrogens is 404 g/mol. The molecule has 0 aliphatic rings. The molecule has 0 radical (unpaired) electrons. The standard InChI is InChI=1S/C25H32N4O3/c1-18(2)31-23-13-11-21(12-14-23)29-25(27-17-24-28-19(3)20(4)32-24)26-15-8-16-30-22-9-6-5-7-10-22/h5-7,9-14,18H,8,15-17H2,1-4H3,(H2,26,27,29). The molecule has 0 saturated carbocycles. The molecule has 3 aromatic rings. The number of nitrogens with zero attached hydrogens (tertiary/aromatic N) is 2. The van der Waals surface area contributed by atoms with E-state index in [1.54, 1.807) is 0 Å². The van der Waals surface area contributed by atoms with E-state index in [0.29, 0.717) is 31.5 Å². The van der Waals surface area contributed by atoms with Crippen molar-refractivity contribution in [1.82, 2.24) is 10.3 Å². The van der Waals surface area contributed by atoms with Crippen LogP contribution in [0.5, 0.6) is 11.5 Å². The number of para-hydroxylation sites is 1. The van der Waals surface area contributed by atoms with Crippen LogP contribution in [0.3, 0.4) is 0 Å². The molecule has 0 atom stereocenters. The zero-order chi connectivity index (χ0) is 22.8. The molecule has 0 aliphatic carbocycles. The van der Waals surface area contributed by atoms with Gasteiger partial charge in [-0.2, -0.15) is 0 Å². The summed E-state index contributed by atoms with van der Waals surface area (Å²) in [7, 11) is 0. The fourth-order valence-electron chi connectivity index (χ4n) is 2.90. The number of anilines is 1. The highest BCUT2D eigenvalue weighted by Gasteiger charge is 2.07. The quantitative estimate of drug-likeness (QED) is 0.261. The highest BCUT2D eigenvalue weighted by Crippen LogP contribution is 2.17. The van der Waals surface area contributed by atoms with Crippen molar-refractivity contribution in [2.75, 3.05) is 18.5 Å². The summed E-state index contributed by atoms with van der Waals surface area (Å²) in [6.07, 6.45) is 0.965. The zero-order valence-electron chi connectivity index (χ0n) is 19.2. The molecule has 7 nitrogen and oxygen atoms in total. The Morgan fingerprint density at radius 2 is 1.78 bits per heavy atom. The van der Waals surface area contributed by atoms with E-state index in [0.717, 1.165) is 35.1 Å². The van der Waals surface area contributed by atoms with E-state index in [-0.39, 0.29) is 6.10 Å². The number of oxazole rings is 1. The topological polar surface area (TPSA) is 80.9 Å². The molecule has 2 N–H and O–H groups in total. The van der Waals surface area contributed by atoms with Crippen LogP contribution in [0.2, 0.25) is 0 Å². The Labute approximate surface area is 189 Å². The van der Waals surface area contributed by atoms with E-state index in [1.165, 1.54) is 0 Å². The lowest BCUT2D eigenvalue weighted by atomic mass is 10.3. The van der Waals surface area contributed by atoms with Crippen LogP contribution in [0, 0.1) is 13.8 Å². The fraction of sp³-hybridized carbons (Fsp3) is 0.360. The first-order chi connectivity index (χ1) is 15.5. The molecular formula is C25H32N4O3. The van der Waals surface area contributed by atoms with Gasteiger partial charge in [-0.05, 0) is 70.5 Å². The molecule has 170 valence electrons. The van der Waals surface area contributed by atoms with Crippen molar-refractivity contribution in [3.8, 4) is 11.5 Å². The Kier molecular flexibility index (Phi) is 8.54. The SMILES string of the molecule is Cc1nc(CN=C(NCCCOc2ccccc2)Nc2ccc(OC(C)C)cc2)oc1C. The van der Waals surface area contributed by atoms with Crippen LogP contribution in [0.4, 0.5) is 5.69 Å². The van der Waals surface area contributed by atoms with Gasteiger partial charge in [0.25, 0.3) is 0 Å². The Hall–Kier alpha value is -3.48. The highest BCUT2D eigenvalue weighted by atomic mass is 16.5. The summed E-state index contributed by atoms with van der Waals surface area (Å²) in [6.45, 7) is 9.51. The Morgan fingerprint density at radius 3 is 2.44 bits per heavy atom. The number of guanidine groups is 1. The van der Waals surface area contributed by atoms with E-state index >= 15 is 0 Å². The van der Waals surface area contributed by atoms with Crippen LogP contribution in [0.15, 0.2) is 64.0 Å². The third-order valence-corrected chi connectivity index (χ3v) is 4.56. The molecule has 2 aromatic carbocycles. The number of rotatable bonds is 10. The van der Waals surface area contributed by atoms with Crippen LogP contribution in [0.25, 0.3) is 0 Å². The molecule has 0 bridgehead atoms. The van der Waals surface area contributed by atoms with Gasteiger partial charge in [-0.3, -0.25) is 0 Å². The van der Waals surface area contributed by atoms with Crippen LogP contribution in [0.1, 0.15) is 37.6 Å². The van der Waals surface area contributed by atoms with Crippen LogP contribution in [-0.4, -0.2) is 30.2 Å². The van der Waals surface area contributed by atoms with Crippen molar-refractivity contribution < 1.29 is 13.9 Å². The summed E-state index contributed by atoms with van der Waals surface area (Å²) >= 11 is 0. The summed E-state index contributed by atoms with van der Waals surface area (Å²) < 4.78 is 17.1. The molecule has 7 heteroatoms.